The normalized spacial score (nSPS) is 11.8. The molecule has 138 valence electrons. The van der Waals surface area contributed by atoms with Crippen molar-refractivity contribution in [2.45, 2.75) is 38.0 Å². The molecule has 0 bridgehead atoms. The maximum absolute atomic E-state index is 12.6. The molecule has 0 fully saturated rings. The van der Waals surface area contributed by atoms with Crippen molar-refractivity contribution in [3.63, 3.8) is 0 Å². The fourth-order valence-electron chi connectivity index (χ4n) is 2.66. The second-order valence-electron chi connectivity index (χ2n) is 6.04. The molecule has 1 N–H and O–H groups in total. The molecule has 0 atom stereocenters. The quantitative estimate of drug-likeness (QED) is 0.650. The summed E-state index contributed by atoms with van der Waals surface area (Å²) in [6.45, 7) is 4.22. The lowest BCUT2D eigenvalue weighted by Crippen LogP contribution is -2.09. The molecule has 0 aliphatic carbocycles. The number of thiazole rings is 1. The first-order chi connectivity index (χ1) is 12.3. The van der Waals surface area contributed by atoms with Crippen molar-refractivity contribution in [1.29, 1.82) is 0 Å². The molecule has 0 saturated carbocycles. The molecule has 26 heavy (non-hydrogen) atoms. The van der Waals surface area contributed by atoms with Gasteiger partial charge in [-0.3, -0.25) is 10.1 Å². The first-order valence-corrected chi connectivity index (χ1v) is 11.9. The zero-order valence-corrected chi connectivity index (χ0v) is 17.3. The van der Waals surface area contributed by atoms with Gasteiger partial charge in [-0.1, -0.05) is 31.6 Å². The van der Waals surface area contributed by atoms with Crippen molar-refractivity contribution < 1.29 is 13.2 Å². The molecule has 2 aromatic heterocycles. The Morgan fingerprint density at radius 3 is 2.62 bits per heavy atom. The first kappa shape index (κ1) is 19.0. The van der Waals surface area contributed by atoms with E-state index in [0.29, 0.717) is 15.5 Å². The molecule has 1 amide bonds. The zero-order valence-electron chi connectivity index (χ0n) is 14.8. The zero-order chi connectivity index (χ0) is 18.9. The highest BCUT2D eigenvalue weighted by atomic mass is 32.2. The molecule has 0 saturated heterocycles. The van der Waals surface area contributed by atoms with Gasteiger partial charge in [-0.15, -0.1) is 11.3 Å². The highest BCUT2D eigenvalue weighted by Crippen LogP contribution is 2.30. The lowest BCUT2D eigenvalue weighted by Gasteiger charge is -1.97. The molecule has 0 spiro atoms. The molecule has 1 aromatic carbocycles. The van der Waals surface area contributed by atoms with Gasteiger partial charge in [-0.25, -0.2) is 13.4 Å². The van der Waals surface area contributed by atoms with Crippen LogP contribution < -0.4 is 5.32 Å². The summed E-state index contributed by atoms with van der Waals surface area (Å²) in [5.74, 6) is -0.172. The molecule has 0 aliphatic heterocycles. The van der Waals surface area contributed by atoms with E-state index in [2.05, 4.69) is 24.1 Å². The van der Waals surface area contributed by atoms with Crippen LogP contribution in [0.3, 0.4) is 0 Å². The van der Waals surface area contributed by atoms with Gasteiger partial charge in [-0.05, 0) is 42.7 Å². The Bertz CT molecular complexity index is 1060. The summed E-state index contributed by atoms with van der Waals surface area (Å²) < 4.78 is 24.1. The number of aromatic nitrogens is 1. The number of hydrogen-bond donors (Lipinski definition) is 1. The van der Waals surface area contributed by atoms with Crippen LogP contribution in [0, 0.1) is 0 Å². The van der Waals surface area contributed by atoms with Gasteiger partial charge in [-0.2, -0.15) is 0 Å². The van der Waals surface area contributed by atoms with Crippen LogP contribution in [-0.2, 0) is 22.7 Å². The molecule has 3 rings (SSSR count). The van der Waals surface area contributed by atoms with E-state index in [1.165, 1.54) is 45.4 Å². The Labute approximate surface area is 161 Å². The molecule has 8 heteroatoms. The highest BCUT2D eigenvalue weighted by Gasteiger charge is 2.16. The molecular formula is C18H20N2O3S3. The van der Waals surface area contributed by atoms with E-state index in [1.54, 1.807) is 12.1 Å². The van der Waals surface area contributed by atoms with Crippen molar-refractivity contribution in [1.82, 2.24) is 4.98 Å². The van der Waals surface area contributed by atoms with E-state index in [1.807, 2.05) is 6.07 Å². The van der Waals surface area contributed by atoms with Gasteiger partial charge >= 0.3 is 0 Å². The molecular weight excluding hydrogens is 388 g/mol. The summed E-state index contributed by atoms with van der Waals surface area (Å²) in [6.07, 6.45) is 4.12. The summed E-state index contributed by atoms with van der Waals surface area (Å²) in [5.41, 5.74) is 1.90. The van der Waals surface area contributed by atoms with Crippen LogP contribution in [0.2, 0.25) is 0 Å². The molecule has 2 heterocycles. The van der Waals surface area contributed by atoms with Crippen LogP contribution >= 0.6 is 22.7 Å². The maximum Gasteiger partial charge on any atom is 0.267 e. The number of thiophene rings is 1. The van der Waals surface area contributed by atoms with E-state index in [4.69, 9.17) is 0 Å². The number of nitrogens with one attached hydrogen (secondary N) is 1. The Morgan fingerprint density at radius 2 is 1.96 bits per heavy atom. The van der Waals surface area contributed by atoms with Gasteiger partial charge in [0.1, 0.15) is 0 Å². The average Bonchev–Trinajstić information content (AvgIpc) is 3.16. The maximum atomic E-state index is 12.6. The lowest BCUT2D eigenvalue weighted by atomic mass is 10.1. The minimum atomic E-state index is -3.27. The van der Waals surface area contributed by atoms with Gasteiger partial charge in [0.2, 0.25) is 0 Å². The fourth-order valence-corrected chi connectivity index (χ4v) is 5.54. The number of fused-ring (bicyclic) bond motifs is 1. The van der Waals surface area contributed by atoms with Crippen molar-refractivity contribution in [2.75, 3.05) is 11.6 Å². The number of benzene rings is 1. The Balaban J connectivity index is 1.85. The number of carbonyl (C=O) groups is 1. The van der Waals surface area contributed by atoms with Gasteiger partial charge in [0.05, 0.1) is 20.0 Å². The summed E-state index contributed by atoms with van der Waals surface area (Å²) in [4.78, 5) is 19.2. The number of aryl methyl sites for hydroxylation is 2. The first-order valence-electron chi connectivity index (χ1n) is 8.35. The van der Waals surface area contributed by atoms with Crippen LogP contribution in [-0.4, -0.2) is 25.6 Å². The molecule has 0 unspecified atom stereocenters. The van der Waals surface area contributed by atoms with Crippen molar-refractivity contribution in [3.8, 4) is 0 Å². The summed E-state index contributed by atoms with van der Waals surface area (Å²) >= 11 is 2.81. The molecule has 3 aromatic rings. The molecule has 5 nitrogen and oxygen atoms in total. The van der Waals surface area contributed by atoms with Crippen LogP contribution in [0.5, 0.6) is 0 Å². The number of rotatable bonds is 6. The predicted molar refractivity (Wildman–Crippen MR) is 108 cm³/mol. The second kappa shape index (κ2) is 7.46. The van der Waals surface area contributed by atoms with Gasteiger partial charge in [0.25, 0.3) is 5.91 Å². The van der Waals surface area contributed by atoms with E-state index in [-0.39, 0.29) is 10.8 Å². The van der Waals surface area contributed by atoms with Crippen LogP contribution in [0.4, 0.5) is 5.13 Å². The molecule has 0 aliphatic rings. The number of amides is 1. The number of nitrogens with zero attached hydrogens (tertiary/aromatic N) is 1. The van der Waals surface area contributed by atoms with Crippen LogP contribution in [0.15, 0.2) is 29.2 Å². The monoisotopic (exact) mass is 408 g/mol. The van der Waals surface area contributed by atoms with Crippen molar-refractivity contribution in [2.24, 2.45) is 0 Å². The van der Waals surface area contributed by atoms with E-state index in [0.717, 1.165) is 24.0 Å². The van der Waals surface area contributed by atoms with Crippen molar-refractivity contribution >= 4 is 53.8 Å². The summed E-state index contributed by atoms with van der Waals surface area (Å²) in [5, 5.41) is 3.31. The van der Waals surface area contributed by atoms with Gasteiger partial charge in [0, 0.05) is 11.1 Å². The fraction of sp³-hybridized carbons (Fsp3) is 0.333. The van der Waals surface area contributed by atoms with E-state index >= 15 is 0 Å². The minimum absolute atomic E-state index is 0.172. The highest BCUT2D eigenvalue weighted by molar-refractivity contribution is 7.90. The van der Waals surface area contributed by atoms with Crippen LogP contribution in [0.1, 0.15) is 40.4 Å². The summed E-state index contributed by atoms with van der Waals surface area (Å²) in [6, 6.07) is 6.75. The van der Waals surface area contributed by atoms with Gasteiger partial charge < -0.3 is 0 Å². The SMILES string of the molecule is CCCc1sc(C(=O)Nc2nc3ccc(S(C)(=O)=O)cc3s2)cc1CC. The van der Waals surface area contributed by atoms with E-state index < -0.39 is 9.84 Å². The number of hydrogen-bond acceptors (Lipinski definition) is 6. The van der Waals surface area contributed by atoms with Crippen molar-refractivity contribution in [3.05, 3.63) is 39.6 Å². The Hall–Kier alpha value is -1.77. The smallest absolute Gasteiger partial charge is 0.267 e. The second-order valence-corrected chi connectivity index (χ2v) is 10.2. The third-order valence-corrected chi connectivity index (χ3v) is 7.27. The van der Waals surface area contributed by atoms with Crippen LogP contribution in [0.25, 0.3) is 10.2 Å². The van der Waals surface area contributed by atoms with E-state index in [9.17, 15) is 13.2 Å². The number of carbonyl (C=O) groups excluding carboxylic acids is 1. The lowest BCUT2D eigenvalue weighted by molar-refractivity contribution is 0.103. The third kappa shape index (κ3) is 3.97. The Kier molecular flexibility index (Phi) is 5.45. The largest absolute Gasteiger partial charge is 0.297 e. The topological polar surface area (TPSA) is 76.1 Å². The number of sulfone groups is 1. The Morgan fingerprint density at radius 1 is 1.19 bits per heavy atom. The number of anilines is 1. The summed E-state index contributed by atoms with van der Waals surface area (Å²) in [7, 11) is -3.27. The molecule has 0 radical (unpaired) electrons. The minimum Gasteiger partial charge on any atom is -0.297 e. The van der Waals surface area contributed by atoms with Gasteiger partial charge in [0.15, 0.2) is 15.0 Å². The standard InChI is InChI=1S/C18H20N2O3S3/c1-4-6-14-11(5-2)9-16(24-14)17(21)20-18-19-13-8-7-12(26(3,22)23)10-15(13)25-18/h7-10H,4-6H2,1-3H3,(H,19,20,21). The predicted octanol–water partition coefficient (Wildman–Crippen LogP) is 4.53. The average molecular weight is 409 g/mol. The third-order valence-electron chi connectivity index (χ3n) is 3.99.